The average Bonchev–Trinajstić information content (AvgIpc) is 3.18. The van der Waals surface area contributed by atoms with Crippen LogP contribution in [-0.4, -0.2) is 47.4 Å². The zero-order valence-corrected chi connectivity index (χ0v) is 21.0. The minimum absolute atomic E-state index is 0.0219. The average molecular weight is 495 g/mol. The first kappa shape index (κ1) is 26.7. The Balaban J connectivity index is 1.38. The summed E-state index contributed by atoms with van der Waals surface area (Å²) < 4.78 is 5.12. The molecule has 3 N–H and O–H groups in total. The van der Waals surface area contributed by atoms with Crippen LogP contribution in [0, 0.1) is 5.92 Å². The number of hydrogen-bond donors (Lipinski definition) is 3. The fourth-order valence-corrected chi connectivity index (χ4v) is 3.74. The highest BCUT2D eigenvalue weighted by Crippen LogP contribution is 2.22. The third kappa shape index (κ3) is 8.72. The number of ether oxygens (including phenoxy) is 1. The first-order chi connectivity index (χ1) is 17.1. The molecule has 2 aromatic rings. The molecule has 9 heteroatoms. The Morgan fingerprint density at radius 1 is 0.972 bits per heavy atom. The van der Waals surface area contributed by atoms with Crippen molar-refractivity contribution >= 4 is 29.5 Å². The Morgan fingerprint density at radius 3 is 2.33 bits per heavy atom. The Morgan fingerprint density at radius 2 is 1.67 bits per heavy atom. The summed E-state index contributed by atoms with van der Waals surface area (Å²) in [6.45, 7) is 6.71. The number of nitrogens with one attached hydrogen (secondary N) is 3. The quantitative estimate of drug-likeness (QED) is 0.495. The maximum Gasteiger partial charge on any atom is 0.407 e. The van der Waals surface area contributed by atoms with E-state index < -0.39 is 17.6 Å². The number of amides is 4. The van der Waals surface area contributed by atoms with Gasteiger partial charge in [-0.05, 0) is 44.0 Å². The van der Waals surface area contributed by atoms with Crippen molar-refractivity contribution < 1.29 is 23.9 Å². The minimum Gasteiger partial charge on any atom is -0.444 e. The van der Waals surface area contributed by atoms with Gasteiger partial charge in [0.2, 0.25) is 17.7 Å². The zero-order chi connectivity index (χ0) is 26.1. The predicted molar refractivity (Wildman–Crippen MR) is 136 cm³/mol. The minimum atomic E-state index is -0.588. The van der Waals surface area contributed by atoms with Crippen LogP contribution in [0.15, 0.2) is 54.6 Å². The molecule has 1 aliphatic heterocycles. The molecule has 1 unspecified atom stereocenters. The molecular weight excluding hydrogens is 460 g/mol. The van der Waals surface area contributed by atoms with Crippen LogP contribution < -0.4 is 16.0 Å². The summed E-state index contributed by atoms with van der Waals surface area (Å²) in [6, 6.07) is 16.9. The smallest absolute Gasteiger partial charge is 0.407 e. The van der Waals surface area contributed by atoms with Crippen molar-refractivity contribution in [3.05, 3.63) is 65.7 Å². The van der Waals surface area contributed by atoms with Gasteiger partial charge in [0.05, 0.1) is 5.92 Å². The van der Waals surface area contributed by atoms with E-state index >= 15 is 0 Å². The number of alkyl carbamates (subject to hydrolysis) is 1. The topological polar surface area (TPSA) is 117 Å². The third-order valence-electron chi connectivity index (χ3n) is 5.53. The van der Waals surface area contributed by atoms with Gasteiger partial charge >= 0.3 is 6.09 Å². The van der Waals surface area contributed by atoms with E-state index in [0.29, 0.717) is 25.3 Å². The van der Waals surface area contributed by atoms with Crippen LogP contribution >= 0.6 is 0 Å². The summed E-state index contributed by atoms with van der Waals surface area (Å²) in [6.07, 6.45) is -0.223. The van der Waals surface area contributed by atoms with Crippen molar-refractivity contribution in [2.24, 2.45) is 5.92 Å². The van der Waals surface area contributed by atoms with Gasteiger partial charge in [-0.2, -0.15) is 0 Å². The summed E-state index contributed by atoms with van der Waals surface area (Å²) in [5.74, 6) is -0.798. The van der Waals surface area contributed by atoms with Gasteiger partial charge in [-0.1, -0.05) is 42.5 Å². The molecule has 0 saturated carbocycles. The second-order valence-electron chi connectivity index (χ2n) is 9.80. The number of nitrogens with zero attached hydrogens (tertiary/aromatic N) is 1. The standard InChI is InChI=1S/C27H34N4O5/c1-27(2,3)36-26(35)28-14-13-23(32)29-16-19-9-11-22(12-10-19)30-25(34)21-15-24(33)31(18-21)17-20-7-5-4-6-8-20/h4-12,21H,13-18H2,1-3H3,(H,28,35)(H,29,32)(H,30,34). The Labute approximate surface area is 211 Å². The van der Waals surface area contributed by atoms with E-state index in [0.717, 1.165) is 11.1 Å². The lowest BCUT2D eigenvalue weighted by Crippen LogP contribution is -2.35. The summed E-state index contributed by atoms with van der Waals surface area (Å²) in [5.41, 5.74) is 1.95. The highest BCUT2D eigenvalue weighted by Gasteiger charge is 2.34. The van der Waals surface area contributed by atoms with Gasteiger partial charge in [0.1, 0.15) is 5.60 Å². The molecule has 3 rings (SSSR count). The fourth-order valence-electron chi connectivity index (χ4n) is 3.74. The van der Waals surface area contributed by atoms with Crippen LogP contribution in [0.4, 0.5) is 10.5 Å². The van der Waals surface area contributed by atoms with E-state index in [-0.39, 0.29) is 37.1 Å². The van der Waals surface area contributed by atoms with E-state index in [1.165, 1.54) is 0 Å². The molecule has 1 heterocycles. The lowest BCUT2D eigenvalue weighted by atomic mass is 10.1. The maximum atomic E-state index is 12.7. The first-order valence-corrected chi connectivity index (χ1v) is 12.0. The van der Waals surface area contributed by atoms with E-state index in [2.05, 4.69) is 16.0 Å². The number of rotatable bonds is 9. The first-order valence-electron chi connectivity index (χ1n) is 12.0. The molecule has 0 aliphatic carbocycles. The number of carbonyl (C=O) groups is 4. The van der Waals surface area contributed by atoms with Gasteiger partial charge in [0.25, 0.3) is 0 Å². The molecule has 0 spiro atoms. The van der Waals surface area contributed by atoms with Crippen molar-refractivity contribution in [1.82, 2.24) is 15.5 Å². The Hall–Kier alpha value is -3.88. The van der Waals surface area contributed by atoms with Gasteiger partial charge < -0.3 is 25.6 Å². The largest absolute Gasteiger partial charge is 0.444 e. The fraction of sp³-hybridized carbons (Fsp3) is 0.407. The lowest BCUT2D eigenvalue weighted by molar-refractivity contribution is -0.128. The van der Waals surface area contributed by atoms with Crippen molar-refractivity contribution in [1.29, 1.82) is 0 Å². The van der Waals surface area contributed by atoms with Gasteiger partial charge in [-0.3, -0.25) is 14.4 Å². The van der Waals surface area contributed by atoms with Crippen molar-refractivity contribution in [2.45, 2.75) is 52.3 Å². The summed E-state index contributed by atoms with van der Waals surface area (Å²) in [4.78, 5) is 50.4. The van der Waals surface area contributed by atoms with E-state index in [4.69, 9.17) is 4.74 Å². The molecule has 1 aliphatic rings. The number of anilines is 1. The molecule has 192 valence electrons. The molecule has 1 saturated heterocycles. The maximum absolute atomic E-state index is 12.7. The molecule has 0 bridgehead atoms. The Bertz CT molecular complexity index is 1060. The van der Waals surface area contributed by atoms with Crippen molar-refractivity contribution in [3.63, 3.8) is 0 Å². The molecule has 36 heavy (non-hydrogen) atoms. The van der Waals surface area contributed by atoms with Crippen molar-refractivity contribution in [2.75, 3.05) is 18.4 Å². The Kier molecular flexibility index (Phi) is 9.05. The van der Waals surface area contributed by atoms with Crippen LogP contribution in [0.5, 0.6) is 0 Å². The second-order valence-corrected chi connectivity index (χ2v) is 9.80. The second kappa shape index (κ2) is 12.2. The van der Waals surface area contributed by atoms with Gasteiger partial charge in [-0.15, -0.1) is 0 Å². The van der Waals surface area contributed by atoms with Crippen LogP contribution in [0.1, 0.15) is 44.7 Å². The van der Waals surface area contributed by atoms with E-state index in [1.54, 1.807) is 37.8 Å². The molecule has 9 nitrogen and oxygen atoms in total. The predicted octanol–water partition coefficient (Wildman–Crippen LogP) is 3.20. The number of likely N-dealkylation sites (tertiary alicyclic amines) is 1. The van der Waals surface area contributed by atoms with Gasteiger partial charge in [0, 0.05) is 44.7 Å². The van der Waals surface area contributed by atoms with E-state index in [1.807, 2.05) is 42.5 Å². The van der Waals surface area contributed by atoms with Crippen LogP contribution in [0.25, 0.3) is 0 Å². The molecule has 4 amide bonds. The van der Waals surface area contributed by atoms with Crippen LogP contribution in [0.2, 0.25) is 0 Å². The summed E-state index contributed by atoms with van der Waals surface area (Å²) in [5, 5.41) is 8.22. The molecule has 0 radical (unpaired) electrons. The highest BCUT2D eigenvalue weighted by molar-refractivity contribution is 5.97. The molecule has 2 aromatic carbocycles. The third-order valence-corrected chi connectivity index (χ3v) is 5.53. The number of benzene rings is 2. The zero-order valence-electron chi connectivity index (χ0n) is 21.0. The molecule has 1 atom stereocenters. The molecule has 0 aromatic heterocycles. The van der Waals surface area contributed by atoms with E-state index in [9.17, 15) is 19.2 Å². The molecular formula is C27H34N4O5. The molecule has 1 fully saturated rings. The lowest BCUT2D eigenvalue weighted by Gasteiger charge is -2.19. The number of hydrogen-bond acceptors (Lipinski definition) is 5. The summed E-state index contributed by atoms with van der Waals surface area (Å²) in [7, 11) is 0. The monoisotopic (exact) mass is 494 g/mol. The van der Waals surface area contributed by atoms with Crippen LogP contribution in [-0.2, 0) is 32.2 Å². The van der Waals surface area contributed by atoms with Gasteiger partial charge in [-0.25, -0.2) is 4.79 Å². The highest BCUT2D eigenvalue weighted by atomic mass is 16.6. The SMILES string of the molecule is CC(C)(C)OC(=O)NCCC(=O)NCc1ccc(NC(=O)C2CC(=O)N(Cc3ccccc3)C2)cc1. The van der Waals surface area contributed by atoms with Gasteiger partial charge in [0.15, 0.2) is 0 Å². The summed E-state index contributed by atoms with van der Waals surface area (Å²) >= 11 is 0. The number of carbonyl (C=O) groups excluding carboxylic acids is 4. The van der Waals surface area contributed by atoms with Crippen molar-refractivity contribution in [3.8, 4) is 0 Å². The normalized spacial score (nSPS) is 15.4. The van der Waals surface area contributed by atoms with Crippen LogP contribution in [0.3, 0.4) is 0 Å².